The van der Waals surface area contributed by atoms with Crippen molar-refractivity contribution < 1.29 is 14.7 Å². The molecular formula is C14H20N4O3. The topological polar surface area (TPSA) is 117 Å². The Labute approximate surface area is 123 Å². The van der Waals surface area contributed by atoms with Crippen molar-refractivity contribution in [3.05, 3.63) is 35.9 Å². The highest BCUT2D eigenvalue weighted by atomic mass is 16.4. The first kappa shape index (κ1) is 16.5. The van der Waals surface area contributed by atoms with Crippen LogP contribution in [0.2, 0.25) is 0 Å². The van der Waals surface area contributed by atoms with Crippen molar-refractivity contribution in [2.45, 2.75) is 18.9 Å². The van der Waals surface area contributed by atoms with Crippen LogP contribution in [0.1, 0.15) is 23.2 Å². The first-order valence-corrected chi connectivity index (χ1v) is 6.59. The fraction of sp³-hybridized carbons (Fsp3) is 0.357. The Balaban J connectivity index is 2.47. The molecule has 1 aromatic carbocycles. The van der Waals surface area contributed by atoms with E-state index in [1.807, 2.05) is 0 Å². The third-order valence-corrected chi connectivity index (χ3v) is 2.86. The number of nitrogens with one attached hydrogen (secondary N) is 2. The SMILES string of the molecule is CN=C(N)NCCC[C@H](NC(=O)c1ccccc1)C(=O)O. The second-order valence-corrected chi connectivity index (χ2v) is 4.41. The van der Waals surface area contributed by atoms with Gasteiger partial charge in [-0.15, -0.1) is 0 Å². The van der Waals surface area contributed by atoms with Crippen molar-refractivity contribution in [1.82, 2.24) is 10.6 Å². The van der Waals surface area contributed by atoms with Gasteiger partial charge >= 0.3 is 5.97 Å². The van der Waals surface area contributed by atoms with E-state index < -0.39 is 17.9 Å². The first-order valence-electron chi connectivity index (χ1n) is 6.59. The first-order chi connectivity index (χ1) is 10.0. The third-order valence-electron chi connectivity index (χ3n) is 2.86. The van der Waals surface area contributed by atoms with Crippen molar-refractivity contribution in [3.8, 4) is 0 Å². The molecule has 21 heavy (non-hydrogen) atoms. The summed E-state index contributed by atoms with van der Waals surface area (Å²) in [4.78, 5) is 26.8. The summed E-state index contributed by atoms with van der Waals surface area (Å²) < 4.78 is 0. The van der Waals surface area contributed by atoms with Gasteiger partial charge in [0.25, 0.3) is 5.91 Å². The Bertz CT molecular complexity index is 502. The van der Waals surface area contributed by atoms with Crippen LogP contribution < -0.4 is 16.4 Å². The normalized spacial score (nSPS) is 12.5. The highest BCUT2D eigenvalue weighted by Crippen LogP contribution is 2.02. The summed E-state index contributed by atoms with van der Waals surface area (Å²) in [5.41, 5.74) is 5.89. The van der Waals surface area contributed by atoms with Crippen LogP contribution in [0.25, 0.3) is 0 Å². The molecule has 7 heteroatoms. The number of carboxylic acid groups (broad SMARTS) is 1. The molecule has 0 saturated heterocycles. The number of carbonyl (C=O) groups is 2. The molecular weight excluding hydrogens is 272 g/mol. The number of guanidine groups is 1. The second-order valence-electron chi connectivity index (χ2n) is 4.41. The molecule has 1 atom stereocenters. The number of nitrogens with two attached hydrogens (primary N) is 1. The largest absolute Gasteiger partial charge is 0.480 e. The Kier molecular flexibility index (Phi) is 6.73. The van der Waals surface area contributed by atoms with Gasteiger partial charge in [-0.1, -0.05) is 18.2 Å². The van der Waals surface area contributed by atoms with Crippen molar-refractivity contribution in [2.24, 2.45) is 10.7 Å². The molecule has 0 spiro atoms. The van der Waals surface area contributed by atoms with E-state index in [1.165, 1.54) is 0 Å². The molecule has 114 valence electrons. The molecule has 0 unspecified atom stereocenters. The number of hydrogen-bond donors (Lipinski definition) is 4. The maximum absolute atomic E-state index is 11.9. The standard InChI is InChI=1S/C14H20N4O3/c1-16-14(15)17-9-5-8-11(13(20)21)18-12(19)10-6-3-2-4-7-10/h2-4,6-7,11H,5,8-9H2,1H3,(H,18,19)(H,20,21)(H3,15,16,17)/t11-/m0/s1. The van der Waals surface area contributed by atoms with Crippen molar-refractivity contribution in [3.63, 3.8) is 0 Å². The summed E-state index contributed by atoms with van der Waals surface area (Å²) >= 11 is 0. The quantitative estimate of drug-likeness (QED) is 0.325. The Morgan fingerprint density at radius 2 is 2.00 bits per heavy atom. The number of rotatable bonds is 7. The molecule has 0 aromatic heterocycles. The molecule has 0 fully saturated rings. The number of aliphatic imine (C=N–C) groups is 1. The van der Waals surface area contributed by atoms with E-state index in [9.17, 15) is 9.59 Å². The average Bonchev–Trinajstić information content (AvgIpc) is 2.50. The molecule has 0 bridgehead atoms. The predicted molar refractivity (Wildman–Crippen MR) is 80.1 cm³/mol. The lowest BCUT2D eigenvalue weighted by molar-refractivity contribution is -0.139. The van der Waals surface area contributed by atoms with Gasteiger partial charge in [-0.3, -0.25) is 9.79 Å². The smallest absolute Gasteiger partial charge is 0.326 e. The van der Waals surface area contributed by atoms with Gasteiger partial charge in [0.2, 0.25) is 0 Å². The Morgan fingerprint density at radius 1 is 1.33 bits per heavy atom. The minimum Gasteiger partial charge on any atom is -0.480 e. The van der Waals surface area contributed by atoms with Crippen LogP contribution in [-0.2, 0) is 4.79 Å². The summed E-state index contributed by atoms with van der Waals surface area (Å²) in [7, 11) is 1.56. The van der Waals surface area contributed by atoms with Crippen LogP contribution >= 0.6 is 0 Å². The van der Waals surface area contributed by atoms with Gasteiger partial charge in [0.1, 0.15) is 6.04 Å². The maximum Gasteiger partial charge on any atom is 0.326 e. The van der Waals surface area contributed by atoms with Crippen molar-refractivity contribution in [2.75, 3.05) is 13.6 Å². The maximum atomic E-state index is 11.9. The summed E-state index contributed by atoms with van der Waals surface area (Å²) in [5, 5.41) is 14.5. The molecule has 0 aliphatic rings. The average molecular weight is 292 g/mol. The minimum absolute atomic E-state index is 0.301. The minimum atomic E-state index is -1.06. The molecule has 1 amide bonds. The van der Waals surface area contributed by atoms with Gasteiger partial charge < -0.3 is 21.5 Å². The zero-order valence-corrected chi connectivity index (χ0v) is 11.9. The lowest BCUT2D eigenvalue weighted by atomic mass is 10.1. The van der Waals surface area contributed by atoms with Crippen LogP contribution in [0.3, 0.4) is 0 Å². The van der Waals surface area contributed by atoms with Crippen LogP contribution in [0.5, 0.6) is 0 Å². The predicted octanol–water partition coefficient (Wildman–Crippen LogP) is 0.184. The van der Waals surface area contributed by atoms with Crippen LogP contribution in [0, 0.1) is 0 Å². The molecule has 5 N–H and O–H groups in total. The van der Waals surface area contributed by atoms with E-state index >= 15 is 0 Å². The molecule has 0 radical (unpaired) electrons. The van der Waals surface area contributed by atoms with Gasteiger partial charge in [-0.05, 0) is 25.0 Å². The van der Waals surface area contributed by atoms with Crippen molar-refractivity contribution >= 4 is 17.8 Å². The number of nitrogens with zero attached hydrogens (tertiary/aromatic N) is 1. The molecule has 0 aliphatic carbocycles. The molecule has 0 saturated carbocycles. The molecule has 0 aliphatic heterocycles. The van der Waals surface area contributed by atoms with Gasteiger partial charge in [-0.25, -0.2) is 4.79 Å². The third kappa shape index (κ3) is 5.94. The van der Waals surface area contributed by atoms with E-state index in [0.29, 0.717) is 30.9 Å². The number of hydrogen-bond acceptors (Lipinski definition) is 3. The van der Waals surface area contributed by atoms with E-state index in [0.717, 1.165) is 0 Å². The zero-order valence-electron chi connectivity index (χ0n) is 11.9. The van der Waals surface area contributed by atoms with Crippen LogP contribution in [0.15, 0.2) is 35.3 Å². The fourth-order valence-corrected chi connectivity index (χ4v) is 1.69. The molecule has 7 nitrogen and oxygen atoms in total. The number of carboxylic acids is 1. The van der Waals surface area contributed by atoms with E-state index in [2.05, 4.69) is 15.6 Å². The summed E-state index contributed by atoms with van der Waals surface area (Å²) in [6.07, 6.45) is 0.847. The number of aliphatic carboxylic acids is 1. The van der Waals surface area contributed by atoms with Crippen LogP contribution in [-0.4, -0.2) is 42.6 Å². The number of benzene rings is 1. The molecule has 1 rings (SSSR count). The molecule has 0 heterocycles. The van der Waals surface area contributed by atoms with Gasteiger partial charge in [0.05, 0.1) is 0 Å². The monoisotopic (exact) mass is 292 g/mol. The number of amides is 1. The fourth-order valence-electron chi connectivity index (χ4n) is 1.69. The van der Waals surface area contributed by atoms with E-state index in [1.54, 1.807) is 37.4 Å². The van der Waals surface area contributed by atoms with Crippen molar-refractivity contribution in [1.29, 1.82) is 0 Å². The van der Waals surface area contributed by atoms with Gasteiger partial charge in [0.15, 0.2) is 5.96 Å². The van der Waals surface area contributed by atoms with E-state index in [4.69, 9.17) is 10.8 Å². The van der Waals surface area contributed by atoms with E-state index in [-0.39, 0.29) is 0 Å². The summed E-state index contributed by atoms with van der Waals surface area (Å²) in [6.45, 7) is 0.494. The second kappa shape index (κ2) is 8.57. The Hall–Kier alpha value is -2.57. The highest BCUT2D eigenvalue weighted by molar-refractivity contribution is 5.96. The zero-order chi connectivity index (χ0) is 15.7. The van der Waals surface area contributed by atoms with Gasteiger partial charge in [-0.2, -0.15) is 0 Å². The van der Waals surface area contributed by atoms with Crippen LogP contribution in [0.4, 0.5) is 0 Å². The summed E-state index contributed by atoms with van der Waals surface area (Å²) in [6, 6.07) is 7.57. The summed E-state index contributed by atoms with van der Waals surface area (Å²) in [5.74, 6) is -1.16. The van der Waals surface area contributed by atoms with Gasteiger partial charge in [0, 0.05) is 19.2 Å². The number of carbonyl (C=O) groups excluding carboxylic acids is 1. The Morgan fingerprint density at radius 3 is 2.57 bits per heavy atom. The lowest BCUT2D eigenvalue weighted by Crippen LogP contribution is -2.41. The highest BCUT2D eigenvalue weighted by Gasteiger charge is 2.19. The lowest BCUT2D eigenvalue weighted by Gasteiger charge is -2.14. The molecule has 1 aromatic rings.